The molecule has 1 unspecified atom stereocenters. The van der Waals surface area contributed by atoms with Gasteiger partial charge in [-0.15, -0.1) is 0 Å². The molecule has 0 radical (unpaired) electrons. The number of halogens is 2. The SMILES string of the molecule is CC(C)(c1ccc(OCC(O)CNS(C)(=O)=O)cc1)c1cc(Cl)c(OC[C@H]2CO2)c(Cl)c1. The minimum absolute atomic E-state index is 0.0379. The van der Waals surface area contributed by atoms with Crippen molar-refractivity contribution in [3.05, 3.63) is 57.6 Å². The van der Waals surface area contributed by atoms with Gasteiger partial charge in [0.05, 0.1) is 22.9 Å². The first-order valence-corrected chi connectivity index (χ1v) is 12.7. The number of epoxide rings is 1. The van der Waals surface area contributed by atoms with Gasteiger partial charge in [0.15, 0.2) is 5.75 Å². The summed E-state index contributed by atoms with van der Waals surface area (Å²) in [7, 11) is -3.36. The third-order valence-electron chi connectivity index (χ3n) is 5.14. The average Bonchev–Trinajstić information content (AvgIpc) is 3.54. The zero-order valence-corrected chi connectivity index (χ0v) is 20.4. The van der Waals surface area contributed by atoms with Crippen LogP contribution in [0.2, 0.25) is 10.0 Å². The van der Waals surface area contributed by atoms with Crippen molar-refractivity contribution in [3.8, 4) is 11.5 Å². The molecular formula is C22H27Cl2NO6S. The van der Waals surface area contributed by atoms with Crippen LogP contribution in [-0.4, -0.2) is 58.4 Å². The van der Waals surface area contributed by atoms with Gasteiger partial charge in [0.25, 0.3) is 0 Å². The number of rotatable bonds is 11. The van der Waals surface area contributed by atoms with Gasteiger partial charge in [0, 0.05) is 12.0 Å². The molecule has 1 saturated heterocycles. The summed E-state index contributed by atoms with van der Waals surface area (Å²) in [6, 6.07) is 11.1. The lowest BCUT2D eigenvalue weighted by Gasteiger charge is -2.27. The van der Waals surface area contributed by atoms with Crippen molar-refractivity contribution < 1.29 is 27.7 Å². The molecule has 0 aromatic heterocycles. The topological polar surface area (TPSA) is 97.4 Å². The number of sulfonamides is 1. The minimum atomic E-state index is -3.36. The molecule has 1 aliphatic rings. The van der Waals surface area contributed by atoms with E-state index in [-0.39, 0.29) is 19.3 Å². The van der Waals surface area contributed by atoms with Crippen molar-refractivity contribution in [1.82, 2.24) is 4.72 Å². The van der Waals surface area contributed by atoms with E-state index in [0.717, 1.165) is 17.4 Å². The van der Waals surface area contributed by atoms with Crippen LogP contribution >= 0.6 is 23.2 Å². The summed E-state index contributed by atoms with van der Waals surface area (Å²) in [5, 5.41) is 10.7. The minimum Gasteiger partial charge on any atom is -0.491 e. The molecule has 1 fully saturated rings. The fourth-order valence-electron chi connectivity index (χ4n) is 3.03. The van der Waals surface area contributed by atoms with Crippen LogP contribution in [0.15, 0.2) is 36.4 Å². The molecule has 1 heterocycles. The van der Waals surface area contributed by atoms with Crippen molar-refractivity contribution in [2.24, 2.45) is 0 Å². The lowest BCUT2D eigenvalue weighted by Crippen LogP contribution is -2.34. The van der Waals surface area contributed by atoms with Crippen LogP contribution in [0.5, 0.6) is 11.5 Å². The quantitative estimate of drug-likeness (QED) is 0.456. The number of hydrogen-bond donors (Lipinski definition) is 2. The van der Waals surface area contributed by atoms with Crippen molar-refractivity contribution in [2.75, 3.05) is 32.6 Å². The summed E-state index contributed by atoms with van der Waals surface area (Å²) >= 11 is 12.9. The van der Waals surface area contributed by atoms with Crippen LogP contribution in [-0.2, 0) is 20.2 Å². The second-order valence-electron chi connectivity index (χ2n) is 8.27. The van der Waals surface area contributed by atoms with E-state index in [1.54, 1.807) is 12.1 Å². The van der Waals surface area contributed by atoms with Crippen molar-refractivity contribution in [3.63, 3.8) is 0 Å². The zero-order chi connectivity index (χ0) is 23.5. The Bertz CT molecular complexity index is 1020. The Hall–Kier alpha value is -1.55. The lowest BCUT2D eigenvalue weighted by atomic mass is 9.78. The Morgan fingerprint density at radius 3 is 2.28 bits per heavy atom. The third-order valence-corrected chi connectivity index (χ3v) is 6.39. The van der Waals surface area contributed by atoms with Crippen LogP contribution in [0.1, 0.15) is 25.0 Å². The molecule has 10 heteroatoms. The van der Waals surface area contributed by atoms with Crippen LogP contribution in [0.4, 0.5) is 0 Å². The van der Waals surface area contributed by atoms with Crippen molar-refractivity contribution in [1.29, 1.82) is 0 Å². The molecule has 176 valence electrons. The largest absolute Gasteiger partial charge is 0.491 e. The summed E-state index contributed by atoms with van der Waals surface area (Å²) in [6.07, 6.45) is 0.180. The van der Waals surface area contributed by atoms with E-state index >= 15 is 0 Å². The van der Waals surface area contributed by atoms with E-state index in [1.165, 1.54) is 0 Å². The van der Waals surface area contributed by atoms with Crippen LogP contribution in [0.3, 0.4) is 0 Å². The Kier molecular flexibility index (Phi) is 7.96. The lowest BCUT2D eigenvalue weighted by molar-refractivity contribution is 0.111. The smallest absolute Gasteiger partial charge is 0.208 e. The number of ether oxygens (including phenoxy) is 3. The molecular weight excluding hydrogens is 477 g/mol. The first-order valence-electron chi connectivity index (χ1n) is 10.1. The van der Waals surface area contributed by atoms with Crippen molar-refractivity contribution in [2.45, 2.75) is 31.5 Å². The molecule has 2 aromatic carbocycles. The first kappa shape index (κ1) is 25.1. The molecule has 0 aliphatic carbocycles. The van der Waals surface area contributed by atoms with E-state index < -0.39 is 21.5 Å². The fourth-order valence-corrected chi connectivity index (χ4v) is 4.12. The second-order valence-corrected chi connectivity index (χ2v) is 10.9. The van der Waals surface area contributed by atoms with E-state index in [1.807, 2.05) is 24.3 Å². The molecule has 3 rings (SSSR count). The maximum Gasteiger partial charge on any atom is 0.208 e. The number of benzene rings is 2. The molecule has 1 aliphatic heterocycles. The van der Waals surface area contributed by atoms with Gasteiger partial charge < -0.3 is 19.3 Å². The summed E-state index contributed by atoms with van der Waals surface area (Å²) in [4.78, 5) is 0. The van der Waals surface area contributed by atoms with Crippen molar-refractivity contribution >= 4 is 33.2 Å². The Balaban J connectivity index is 1.65. The van der Waals surface area contributed by atoms with Gasteiger partial charge in [-0.25, -0.2) is 13.1 Å². The fraction of sp³-hybridized carbons (Fsp3) is 0.455. The molecule has 0 spiro atoms. The summed E-state index contributed by atoms with van der Waals surface area (Å²) in [5.41, 5.74) is 1.54. The highest BCUT2D eigenvalue weighted by molar-refractivity contribution is 7.88. The van der Waals surface area contributed by atoms with Crippen LogP contribution < -0.4 is 14.2 Å². The first-order chi connectivity index (χ1) is 15.0. The van der Waals surface area contributed by atoms with E-state index in [9.17, 15) is 13.5 Å². The molecule has 7 nitrogen and oxygen atoms in total. The monoisotopic (exact) mass is 503 g/mol. The average molecular weight is 504 g/mol. The summed E-state index contributed by atoms with van der Waals surface area (Å²) in [5.74, 6) is 1.01. The van der Waals surface area contributed by atoms with E-state index in [2.05, 4.69) is 18.6 Å². The molecule has 32 heavy (non-hydrogen) atoms. The van der Waals surface area contributed by atoms with Gasteiger partial charge in [-0.1, -0.05) is 49.2 Å². The summed E-state index contributed by atoms with van der Waals surface area (Å²) in [6.45, 7) is 5.08. The van der Waals surface area contributed by atoms with Crippen LogP contribution in [0, 0.1) is 0 Å². The number of nitrogens with one attached hydrogen (secondary N) is 1. The van der Waals surface area contributed by atoms with E-state index in [0.29, 0.717) is 34.8 Å². The standard InChI is InChI=1S/C22H27Cl2NO6S/c1-22(2,15-8-19(23)21(20(24)9-15)31-13-18-12-30-18)14-4-6-17(7-5-14)29-11-16(26)10-25-32(3,27)28/h4-9,16,18,25-26H,10-13H2,1-3H3/t16?,18-/m1/s1. The summed E-state index contributed by atoms with van der Waals surface area (Å²) < 4.78 is 40.8. The zero-order valence-electron chi connectivity index (χ0n) is 18.1. The predicted octanol–water partition coefficient (Wildman–Crippen LogP) is 3.39. The van der Waals surface area contributed by atoms with Gasteiger partial charge in [0.1, 0.15) is 31.2 Å². The highest BCUT2D eigenvalue weighted by Crippen LogP contribution is 2.41. The molecule has 0 bridgehead atoms. The molecule has 0 amide bonds. The maximum absolute atomic E-state index is 11.1. The molecule has 2 atom stereocenters. The van der Waals surface area contributed by atoms with E-state index in [4.69, 9.17) is 37.4 Å². The number of aliphatic hydroxyl groups excluding tert-OH is 1. The van der Waals surface area contributed by atoms with Gasteiger partial charge in [-0.3, -0.25) is 0 Å². The van der Waals surface area contributed by atoms with Crippen LogP contribution in [0.25, 0.3) is 0 Å². The van der Waals surface area contributed by atoms with Gasteiger partial charge in [-0.05, 0) is 35.4 Å². The Morgan fingerprint density at radius 2 is 1.75 bits per heavy atom. The Morgan fingerprint density at radius 1 is 1.16 bits per heavy atom. The molecule has 2 aromatic rings. The normalized spacial score (nSPS) is 17.1. The Labute approximate surface area is 198 Å². The molecule has 0 saturated carbocycles. The highest BCUT2D eigenvalue weighted by atomic mass is 35.5. The number of aliphatic hydroxyl groups is 1. The predicted molar refractivity (Wildman–Crippen MR) is 125 cm³/mol. The number of hydrogen-bond acceptors (Lipinski definition) is 6. The molecule has 2 N–H and O–H groups in total. The van der Waals surface area contributed by atoms with Gasteiger partial charge >= 0.3 is 0 Å². The third kappa shape index (κ3) is 6.97. The second kappa shape index (κ2) is 10.2. The maximum atomic E-state index is 11.1. The van der Waals surface area contributed by atoms with Gasteiger partial charge in [0.2, 0.25) is 10.0 Å². The van der Waals surface area contributed by atoms with Gasteiger partial charge in [-0.2, -0.15) is 0 Å². The highest BCUT2D eigenvalue weighted by Gasteiger charge is 2.27.